The fourth-order valence-electron chi connectivity index (χ4n) is 1.93. The summed E-state index contributed by atoms with van der Waals surface area (Å²) in [5.41, 5.74) is 0.781. The number of aromatic nitrogens is 2. The van der Waals surface area contributed by atoms with Crippen LogP contribution in [0.5, 0.6) is 11.6 Å². The summed E-state index contributed by atoms with van der Waals surface area (Å²) in [5.74, 6) is 1.51. The van der Waals surface area contributed by atoms with Crippen molar-refractivity contribution < 1.29 is 4.74 Å². The van der Waals surface area contributed by atoms with Gasteiger partial charge in [-0.1, -0.05) is 18.2 Å². The van der Waals surface area contributed by atoms with Crippen LogP contribution >= 0.6 is 27.5 Å². The Balaban J connectivity index is 2.10. The van der Waals surface area contributed by atoms with Crippen molar-refractivity contribution >= 4 is 38.3 Å². The predicted octanol–water partition coefficient (Wildman–Crippen LogP) is 4.92. The molecule has 0 radical (unpaired) electrons. The molecule has 1 aromatic carbocycles. The quantitative estimate of drug-likeness (QED) is 0.629. The number of nitrogens with zero attached hydrogens (tertiary/aromatic N) is 2. The predicted molar refractivity (Wildman–Crippen MR) is 83.3 cm³/mol. The topological polar surface area (TPSA) is 35.0 Å². The monoisotopic (exact) mass is 348 g/mol. The van der Waals surface area contributed by atoms with Crippen molar-refractivity contribution in [3.05, 3.63) is 59.0 Å². The summed E-state index contributed by atoms with van der Waals surface area (Å²) >= 11 is 9.26. The Hall–Kier alpha value is -1.65. The zero-order chi connectivity index (χ0) is 13.9. The lowest BCUT2D eigenvalue weighted by Crippen LogP contribution is -1.94. The highest BCUT2D eigenvalue weighted by atomic mass is 79.9. The highest BCUT2D eigenvalue weighted by Gasteiger charge is 2.08. The Morgan fingerprint density at radius 1 is 1.15 bits per heavy atom. The average molecular weight is 350 g/mol. The van der Waals surface area contributed by atoms with Crippen LogP contribution in [0.15, 0.2) is 53.3 Å². The molecule has 100 valence electrons. The molecule has 0 amide bonds. The van der Waals surface area contributed by atoms with Crippen LogP contribution in [-0.4, -0.2) is 9.97 Å². The van der Waals surface area contributed by atoms with Crippen molar-refractivity contribution in [2.45, 2.75) is 5.88 Å². The van der Waals surface area contributed by atoms with Crippen molar-refractivity contribution in [1.82, 2.24) is 9.97 Å². The summed E-state index contributed by atoms with van der Waals surface area (Å²) in [7, 11) is 0. The minimum atomic E-state index is 0.345. The van der Waals surface area contributed by atoms with Gasteiger partial charge in [-0.3, -0.25) is 4.98 Å². The number of ether oxygens (including phenoxy) is 1. The van der Waals surface area contributed by atoms with Crippen molar-refractivity contribution in [3.8, 4) is 11.6 Å². The second kappa shape index (κ2) is 5.77. The van der Waals surface area contributed by atoms with E-state index in [1.54, 1.807) is 12.4 Å². The third-order valence-electron chi connectivity index (χ3n) is 2.79. The van der Waals surface area contributed by atoms with Gasteiger partial charge in [0.15, 0.2) is 0 Å². The number of pyridine rings is 2. The van der Waals surface area contributed by atoms with E-state index in [1.165, 1.54) is 0 Å². The molecular weight excluding hydrogens is 340 g/mol. The van der Waals surface area contributed by atoms with Crippen LogP contribution in [0.25, 0.3) is 10.8 Å². The number of hydrogen-bond acceptors (Lipinski definition) is 3. The first-order valence-electron chi connectivity index (χ1n) is 5.99. The Morgan fingerprint density at radius 2 is 2.00 bits per heavy atom. The summed E-state index contributed by atoms with van der Waals surface area (Å²) in [6, 6.07) is 11.7. The van der Waals surface area contributed by atoms with Crippen LogP contribution in [0.3, 0.4) is 0 Å². The Bertz CT molecular complexity index is 764. The number of benzene rings is 1. The lowest BCUT2D eigenvalue weighted by atomic mass is 10.1. The minimum Gasteiger partial charge on any atom is -0.437 e. The molecule has 0 bridgehead atoms. The molecule has 0 aliphatic carbocycles. The number of alkyl halides is 1. The second-order valence-electron chi connectivity index (χ2n) is 4.21. The van der Waals surface area contributed by atoms with Crippen molar-refractivity contribution in [2.24, 2.45) is 0 Å². The molecule has 0 atom stereocenters. The molecule has 0 saturated heterocycles. The van der Waals surface area contributed by atoms with Crippen LogP contribution in [0.4, 0.5) is 0 Å². The Labute approximate surface area is 129 Å². The van der Waals surface area contributed by atoms with Gasteiger partial charge in [0.05, 0.1) is 17.8 Å². The largest absolute Gasteiger partial charge is 0.437 e. The van der Waals surface area contributed by atoms with E-state index in [1.807, 2.05) is 36.4 Å². The fraction of sp³-hybridized carbons (Fsp3) is 0.0667. The third-order valence-corrected chi connectivity index (χ3v) is 3.50. The van der Waals surface area contributed by atoms with Gasteiger partial charge in [-0.15, -0.1) is 11.6 Å². The van der Waals surface area contributed by atoms with E-state index in [9.17, 15) is 0 Å². The van der Waals surface area contributed by atoms with Crippen LogP contribution < -0.4 is 4.74 Å². The maximum absolute atomic E-state index is 5.89. The first-order valence-corrected chi connectivity index (χ1v) is 7.32. The standard InChI is InChI=1S/C15H10BrClN2O/c16-11-6-13(9-18-8-11)20-15-14-4-2-1-3-10(14)5-12(7-17)19-15/h1-6,8-9H,7H2. The van der Waals surface area contributed by atoms with Gasteiger partial charge in [0.1, 0.15) is 5.75 Å². The summed E-state index contributed by atoms with van der Waals surface area (Å²) in [6.45, 7) is 0. The smallest absolute Gasteiger partial charge is 0.227 e. The van der Waals surface area contributed by atoms with Crippen molar-refractivity contribution in [3.63, 3.8) is 0 Å². The summed E-state index contributed by atoms with van der Waals surface area (Å²) < 4.78 is 6.71. The third kappa shape index (κ3) is 2.76. The zero-order valence-electron chi connectivity index (χ0n) is 10.4. The fourth-order valence-corrected chi connectivity index (χ4v) is 2.41. The van der Waals surface area contributed by atoms with E-state index < -0.39 is 0 Å². The molecule has 0 saturated carbocycles. The lowest BCUT2D eigenvalue weighted by molar-refractivity contribution is 0.465. The molecule has 0 spiro atoms. The minimum absolute atomic E-state index is 0.345. The molecule has 0 aliphatic rings. The Morgan fingerprint density at radius 3 is 2.80 bits per heavy atom. The average Bonchev–Trinajstić information content (AvgIpc) is 2.47. The van der Waals surface area contributed by atoms with E-state index in [2.05, 4.69) is 25.9 Å². The van der Waals surface area contributed by atoms with Gasteiger partial charge in [0, 0.05) is 16.1 Å². The number of rotatable bonds is 3. The molecular formula is C15H10BrClN2O. The molecule has 0 unspecified atom stereocenters. The molecule has 0 fully saturated rings. The van der Waals surface area contributed by atoms with Gasteiger partial charge in [-0.05, 0) is 39.5 Å². The van der Waals surface area contributed by atoms with Crippen LogP contribution in [0.1, 0.15) is 5.69 Å². The molecule has 3 rings (SSSR count). The second-order valence-corrected chi connectivity index (χ2v) is 5.40. The Kier molecular flexibility index (Phi) is 3.85. The number of hydrogen-bond donors (Lipinski definition) is 0. The maximum Gasteiger partial charge on any atom is 0.227 e. The van der Waals surface area contributed by atoms with Crippen LogP contribution in [0, 0.1) is 0 Å². The van der Waals surface area contributed by atoms with Gasteiger partial charge in [-0.25, -0.2) is 4.98 Å². The summed E-state index contributed by atoms with van der Waals surface area (Å²) in [5, 5.41) is 2.00. The molecule has 3 nitrogen and oxygen atoms in total. The van der Waals surface area contributed by atoms with Gasteiger partial charge in [0.2, 0.25) is 5.88 Å². The normalized spacial score (nSPS) is 10.7. The molecule has 3 aromatic rings. The molecule has 2 aromatic heterocycles. The van der Waals surface area contributed by atoms with Crippen LogP contribution in [-0.2, 0) is 5.88 Å². The first kappa shape index (κ1) is 13.3. The van der Waals surface area contributed by atoms with E-state index >= 15 is 0 Å². The molecule has 0 N–H and O–H groups in total. The van der Waals surface area contributed by atoms with Gasteiger partial charge >= 0.3 is 0 Å². The molecule has 20 heavy (non-hydrogen) atoms. The molecule has 5 heteroatoms. The molecule has 0 aliphatic heterocycles. The number of halogens is 2. The van der Waals surface area contributed by atoms with Gasteiger partial charge in [0.25, 0.3) is 0 Å². The van der Waals surface area contributed by atoms with Crippen molar-refractivity contribution in [2.75, 3.05) is 0 Å². The highest BCUT2D eigenvalue weighted by Crippen LogP contribution is 2.29. The van der Waals surface area contributed by atoms with E-state index in [-0.39, 0.29) is 0 Å². The SMILES string of the molecule is ClCc1cc2ccccc2c(Oc2cncc(Br)c2)n1. The van der Waals surface area contributed by atoms with E-state index in [0.29, 0.717) is 17.5 Å². The first-order chi connectivity index (χ1) is 9.76. The molecule has 2 heterocycles. The summed E-state index contributed by atoms with van der Waals surface area (Å²) in [6.07, 6.45) is 3.35. The maximum atomic E-state index is 5.89. The highest BCUT2D eigenvalue weighted by molar-refractivity contribution is 9.10. The van der Waals surface area contributed by atoms with Gasteiger partial charge < -0.3 is 4.74 Å². The van der Waals surface area contributed by atoms with E-state index in [4.69, 9.17) is 16.3 Å². The van der Waals surface area contributed by atoms with E-state index in [0.717, 1.165) is 20.9 Å². The zero-order valence-corrected chi connectivity index (χ0v) is 12.7. The van der Waals surface area contributed by atoms with Gasteiger partial charge in [-0.2, -0.15) is 0 Å². The summed E-state index contributed by atoms with van der Waals surface area (Å²) in [4.78, 5) is 8.52. The van der Waals surface area contributed by atoms with Crippen LogP contribution in [0.2, 0.25) is 0 Å². The van der Waals surface area contributed by atoms with Crippen molar-refractivity contribution in [1.29, 1.82) is 0 Å². The lowest BCUT2D eigenvalue weighted by Gasteiger charge is -2.09. The number of fused-ring (bicyclic) bond motifs is 1.